The minimum absolute atomic E-state index is 0.00756. The van der Waals surface area contributed by atoms with E-state index in [2.05, 4.69) is 35.2 Å². The lowest BCUT2D eigenvalue weighted by Gasteiger charge is -2.20. The molecule has 10 heteroatoms. The van der Waals surface area contributed by atoms with Crippen LogP contribution >= 0.6 is 12.2 Å². The van der Waals surface area contributed by atoms with Gasteiger partial charge in [0.1, 0.15) is 30.5 Å². The number of benzene rings is 3. The number of primary amides is 1. The van der Waals surface area contributed by atoms with E-state index in [-0.39, 0.29) is 22.3 Å². The number of aryl methyl sites for hydroxylation is 2. The summed E-state index contributed by atoms with van der Waals surface area (Å²) >= 11 is 4.99. The van der Waals surface area contributed by atoms with E-state index in [9.17, 15) is 4.79 Å². The summed E-state index contributed by atoms with van der Waals surface area (Å²) in [6.07, 6.45) is 0.897. The van der Waals surface area contributed by atoms with E-state index in [4.69, 9.17) is 36.5 Å². The largest absolute Gasteiger partial charge is 0.488 e. The molecule has 0 saturated heterocycles. The zero-order valence-corrected chi connectivity index (χ0v) is 23.6. The Morgan fingerprint density at radius 2 is 1.59 bits per heavy atom. The molecule has 5 rings (SSSR count). The van der Waals surface area contributed by atoms with Gasteiger partial charge in [-0.05, 0) is 52.9 Å². The smallest absolute Gasteiger partial charge is 0.314 e. The van der Waals surface area contributed by atoms with Crippen molar-refractivity contribution in [2.75, 3.05) is 0 Å². The number of carbonyl (C=O) groups excluding carboxylic acids is 1. The van der Waals surface area contributed by atoms with Crippen LogP contribution in [0.2, 0.25) is 0 Å². The molecule has 5 aromatic rings. The van der Waals surface area contributed by atoms with Crippen LogP contribution in [-0.4, -0.2) is 21.2 Å². The first-order valence-corrected chi connectivity index (χ1v) is 13.6. The van der Waals surface area contributed by atoms with Crippen molar-refractivity contribution in [1.29, 1.82) is 0 Å². The number of aromatic amines is 1. The maximum absolute atomic E-state index is 12.1. The highest BCUT2D eigenvalue weighted by atomic mass is 32.1. The summed E-state index contributed by atoms with van der Waals surface area (Å²) in [5.41, 5.74) is 9.95. The number of H-pyrrole nitrogens is 1. The average Bonchev–Trinajstić information content (AvgIpc) is 3.61. The number of hydrogen-bond acceptors (Lipinski definition) is 8. The highest BCUT2D eigenvalue weighted by molar-refractivity contribution is 7.71. The highest BCUT2D eigenvalue weighted by Gasteiger charge is 2.25. The van der Waals surface area contributed by atoms with Gasteiger partial charge in [0, 0.05) is 12.5 Å². The number of amides is 1. The molecule has 0 unspecified atom stereocenters. The van der Waals surface area contributed by atoms with Crippen molar-refractivity contribution in [3.05, 3.63) is 111 Å². The lowest BCUT2D eigenvalue weighted by atomic mass is 9.96. The average molecular weight is 571 g/mol. The fourth-order valence-electron chi connectivity index (χ4n) is 4.49. The number of nitrogens with two attached hydrogens (primary N) is 1. The number of ether oxygens (including phenoxy) is 2. The molecule has 210 valence electrons. The molecule has 2 heterocycles. The molecule has 0 saturated carbocycles. The van der Waals surface area contributed by atoms with E-state index in [1.807, 2.05) is 66.7 Å². The highest BCUT2D eigenvalue weighted by Crippen LogP contribution is 2.36. The summed E-state index contributed by atoms with van der Waals surface area (Å²) in [4.78, 5) is 16.2. The van der Waals surface area contributed by atoms with Crippen molar-refractivity contribution >= 4 is 18.1 Å². The van der Waals surface area contributed by atoms with Crippen molar-refractivity contribution in [3.63, 3.8) is 0 Å². The van der Waals surface area contributed by atoms with Gasteiger partial charge in [-0.2, -0.15) is 4.98 Å². The Hall–Kier alpha value is -4.70. The van der Waals surface area contributed by atoms with Gasteiger partial charge in [0.2, 0.25) is 0 Å². The zero-order chi connectivity index (χ0) is 28.8. The molecule has 0 spiro atoms. The lowest BCUT2D eigenvalue weighted by molar-refractivity contribution is 0.0992. The van der Waals surface area contributed by atoms with Gasteiger partial charge in [0.15, 0.2) is 11.5 Å². The molecule has 0 bridgehead atoms. The zero-order valence-electron chi connectivity index (χ0n) is 22.8. The van der Waals surface area contributed by atoms with Crippen molar-refractivity contribution in [2.24, 2.45) is 5.73 Å². The number of rotatable bonds is 12. The van der Waals surface area contributed by atoms with Crippen molar-refractivity contribution in [3.8, 4) is 22.9 Å². The van der Waals surface area contributed by atoms with Crippen LogP contribution in [0.1, 0.15) is 58.3 Å². The van der Waals surface area contributed by atoms with E-state index in [0.29, 0.717) is 43.1 Å². The molecule has 0 aliphatic carbocycles. The molecule has 1 amide bonds. The lowest BCUT2D eigenvalue weighted by Crippen LogP contribution is -2.13. The minimum Gasteiger partial charge on any atom is -0.488 e. The van der Waals surface area contributed by atoms with Crippen LogP contribution in [0.4, 0.5) is 0 Å². The topological polar surface area (TPSA) is 129 Å². The quantitative estimate of drug-likeness (QED) is 0.162. The van der Waals surface area contributed by atoms with Crippen LogP contribution in [-0.2, 0) is 26.1 Å². The second kappa shape index (κ2) is 12.6. The van der Waals surface area contributed by atoms with E-state index in [0.717, 1.165) is 28.0 Å². The second-order valence-electron chi connectivity index (χ2n) is 9.83. The second-order valence-corrected chi connectivity index (χ2v) is 10.2. The molecular formula is C31H30N4O5S. The van der Waals surface area contributed by atoms with Gasteiger partial charge in [-0.25, -0.2) is 5.16 Å². The Bertz CT molecular complexity index is 1680. The third-order valence-corrected chi connectivity index (χ3v) is 6.76. The van der Waals surface area contributed by atoms with Gasteiger partial charge in [-0.15, -0.1) is 0 Å². The summed E-state index contributed by atoms with van der Waals surface area (Å²) < 4.78 is 23.3. The van der Waals surface area contributed by atoms with Crippen LogP contribution < -0.4 is 15.2 Å². The van der Waals surface area contributed by atoms with E-state index < -0.39 is 5.91 Å². The standard InChI is InChI=1S/C31H30N4O5S/c1-19(2)23-15-22(13-14-24-27(28(29(32)36)34-39-24)30-33-31(41)40-35-30)25(37-17-20-9-5-3-6-10-20)16-26(23)38-18-21-11-7-4-8-12-21/h3-12,15-16,19H,13-14,17-18H2,1-2H3,(H2,32,36)(H,33,35,41). The molecule has 41 heavy (non-hydrogen) atoms. The third-order valence-electron chi connectivity index (χ3n) is 6.58. The fourth-order valence-corrected chi connectivity index (χ4v) is 4.63. The van der Waals surface area contributed by atoms with Crippen molar-refractivity contribution in [2.45, 2.75) is 45.8 Å². The van der Waals surface area contributed by atoms with Crippen LogP contribution in [0.15, 0.2) is 81.8 Å². The summed E-state index contributed by atoms with van der Waals surface area (Å²) in [5.74, 6) is 1.56. The number of nitrogens with one attached hydrogen (secondary N) is 1. The molecule has 0 atom stereocenters. The van der Waals surface area contributed by atoms with Gasteiger partial charge in [-0.3, -0.25) is 4.79 Å². The van der Waals surface area contributed by atoms with Crippen LogP contribution in [0.25, 0.3) is 11.4 Å². The molecule has 3 aromatic carbocycles. The Morgan fingerprint density at radius 1 is 0.951 bits per heavy atom. The van der Waals surface area contributed by atoms with Gasteiger partial charge in [-0.1, -0.05) is 79.7 Å². The number of hydrogen-bond donors (Lipinski definition) is 2. The molecule has 0 fully saturated rings. The van der Waals surface area contributed by atoms with E-state index in [1.54, 1.807) is 0 Å². The van der Waals surface area contributed by atoms with Crippen molar-refractivity contribution in [1.82, 2.24) is 15.3 Å². The Labute approximate surface area is 242 Å². The predicted molar refractivity (Wildman–Crippen MR) is 155 cm³/mol. The summed E-state index contributed by atoms with van der Waals surface area (Å²) in [6, 6.07) is 24.1. The van der Waals surface area contributed by atoms with Gasteiger partial charge in [0.25, 0.3) is 5.91 Å². The van der Waals surface area contributed by atoms with Gasteiger partial charge in [0.05, 0.1) is 5.56 Å². The first-order chi connectivity index (χ1) is 19.9. The normalized spacial score (nSPS) is 11.1. The maximum atomic E-state index is 12.1. The van der Waals surface area contributed by atoms with Gasteiger partial charge >= 0.3 is 4.84 Å². The first-order valence-electron chi connectivity index (χ1n) is 13.2. The molecule has 9 nitrogen and oxygen atoms in total. The third kappa shape index (κ3) is 6.72. The summed E-state index contributed by atoms with van der Waals surface area (Å²) in [7, 11) is 0. The van der Waals surface area contributed by atoms with Crippen LogP contribution in [0, 0.1) is 4.84 Å². The Balaban J connectivity index is 1.47. The minimum atomic E-state index is -0.744. The van der Waals surface area contributed by atoms with Crippen LogP contribution in [0.3, 0.4) is 0 Å². The maximum Gasteiger partial charge on any atom is 0.314 e. The number of nitrogens with zero attached hydrogens (tertiary/aromatic N) is 2. The molecular weight excluding hydrogens is 540 g/mol. The molecule has 3 N–H and O–H groups in total. The summed E-state index contributed by atoms with van der Waals surface area (Å²) in [6.45, 7) is 5.08. The monoisotopic (exact) mass is 570 g/mol. The Morgan fingerprint density at radius 3 is 2.15 bits per heavy atom. The Kier molecular flexibility index (Phi) is 8.59. The number of carbonyl (C=O) groups is 1. The summed E-state index contributed by atoms with van der Waals surface area (Å²) in [5, 5.41) is 6.50. The SMILES string of the molecule is CC(C)c1cc(CCc2onc(C(N)=O)c2-c2nc(=S)o[nH]2)c(OCc2ccccc2)cc1OCc1ccccc1. The van der Waals surface area contributed by atoms with Crippen LogP contribution in [0.5, 0.6) is 11.5 Å². The van der Waals surface area contributed by atoms with Gasteiger partial charge < -0.3 is 24.3 Å². The van der Waals surface area contributed by atoms with E-state index >= 15 is 0 Å². The predicted octanol–water partition coefficient (Wildman–Crippen LogP) is 6.55. The molecule has 0 aliphatic rings. The molecule has 0 aliphatic heterocycles. The van der Waals surface area contributed by atoms with E-state index in [1.165, 1.54) is 0 Å². The number of aromatic nitrogens is 3. The fraction of sp³-hybridized carbons (Fsp3) is 0.226. The molecule has 2 aromatic heterocycles. The van der Waals surface area contributed by atoms with Crippen molar-refractivity contribution < 1.29 is 23.3 Å². The first kappa shape index (κ1) is 27.9. The molecule has 0 radical (unpaired) electrons.